The van der Waals surface area contributed by atoms with Crippen LogP contribution in [0.2, 0.25) is 0 Å². The van der Waals surface area contributed by atoms with E-state index in [0.717, 1.165) is 30.3 Å². The third-order valence-corrected chi connectivity index (χ3v) is 3.92. The predicted octanol–water partition coefficient (Wildman–Crippen LogP) is 2.45. The van der Waals surface area contributed by atoms with Gasteiger partial charge in [-0.3, -0.25) is 9.69 Å². The van der Waals surface area contributed by atoms with Crippen molar-refractivity contribution in [3.05, 3.63) is 23.7 Å². The molecule has 2 saturated carbocycles. The molecule has 2 unspecified atom stereocenters. The van der Waals surface area contributed by atoms with E-state index >= 15 is 0 Å². The quantitative estimate of drug-likeness (QED) is 0.841. The van der Waals surface area contributed by atoms with Crippen molar-refractivity contribution in [2.45, 2.75) is 44.7 Å². The smallest absolute Gasteiger partial charge is 0.317 e. The van der Waals surface area contributed by atoms with Gasteiger partial charge in [-0.25, -0.2) is 0 Å². The normalized spacial score (nSPS) is 26.6. The van der Waals surface area contributed by atoms with Crippen molar-refractivity contribution in [1.29, 1.82) is 0 Å². The predicted molar refractivity (Wildman–Crippen MR) is 66.3 cm³/mol. The molecule has 3 rings (SSSR count). The van der Waals surface area contributed by atoms with Crippen molar-refractivity contribution in [2.24, 2.45) is 5.92 Å². The first-order valence-corrected chi connectivity index (χ1v) is 6.68. The molecular formula is C14H19NO3. The van der Waals surface area contributed by atoms with Crippen LogP contribution in [0.1, 0.15) is 43.6 Å². The van der Waals surface area contributed by atoms with Gasteiger partial charge in [-0.1, -0.05) is 6.92 Å². The fourth-order valence-electron chi connectivity index (χ4n) is 2.52. The highest BCUT2D eigenvalue weighted by Crippen LogP contribution is 2.47. The third kappa shape index (κ3) is 2.58. The summed E-state index contributed by atoms with van der Waals surface area (Å²) in [5.41, 5.74) is 0. The number of aliphatic carboxylic acids is 1. The lowest BCUT2D eigenvalue weighted by Gasteiger charge is -2.17. The standard InChI is InChI=1S/C14H19NO3/c1-9-6-12(9)13-5-4-11(18-13)7-15(8-14(16)17)10-2-3-10/h4-5,9-10,12H,2-3,6-8H2,1H3,(H,16,17). The van der Waals surface area contributed by atoms with E-state index in [1.807, 2.05) is 11.0 Å². The highest BCUT2D eigenvalue weighted by Gasteiger charge is 2.37. The van der Waals surface area contributed by atoms with E-state index in [1.54, 1.807) is 0 Å². The molecule has 2 aliphatic rings. The van der Waals surface area contributed by atoms with Crippen molar-refractivity contribution in [3.8, 4) is 0 Å². The molecule has 1 aromatic heterocycles. The van der Waals surface area contributed by atoms with Crippen molar-refractivity contribution >= 4 is 5.97 Å². The van der Waals surface area contributed by atoms with Crippen molar-refractivity contribution < 1.29 is 14.3 Å². The Bertz CT molecular complexity index is 450. The molecule has 0 aromatic carbocycles. The first kappa shape index (κ1) is 11.8. The van der Waals surface area contributed by atoms with Gasteiger partial charge in [0.2, 0.25) is 0 Å². The molecule has 0 saturated heterocycles. The van der Waals surface area contributed by atoms with Gasteiger partial charge in [-0.15, -0.1) is 0 Å². The highest BCUT2D eigenvalue weighted by molar-refractivity contribution is 5.69. The monoisotopic (exact) mass is 249 g/mol. The molecule has 0 aliphatic heterocycles. The summed E-state index contributed by atoms with van der Waals surface area (Å²) in [7, 11) is 0. The summed E-state index contributed by atoms with van der Waals surface area (Å²) in [4.78, 5) is 12.8. The molecule has 4 heteroatoms. The first-order valence-electron chi connectivity index (χ1n) is 6.68. The average Bonchev–Trinajstić information content (AvgIpc) is 3.20. The summed E-state index contributed by atoms with van der Waals surface area (Å²) in [6.45, 7) is 2.96. The fourth-order valence-corrected chi connectivity index (χ4v) is 2.52. The number of furan rings is 1. The highest BCUT2D eigenvalue weighted by atomic mass is 16.4. The van der Waals surface area contributed by atoms with Gasteiger partial charge in [-0.05, 0) is 37.3 Å². The lowest BCUT2D eigenvalue weighted by atomic mass is 10.3. The van der Waals surface area contributed by atoms with Crippen LogP contribution in [0.4, 0.5) is 0 Å². The van der Waals surface area contributed by atoms with Crippen LogP contribution in [0, 0.1) is 5.92 Å². The minimum atomic E-state index is -0.760. The second kappa shape index (κ2) is 4.43. The molecule has 4 nitrogen and oxygen atoms in total. The van der Waals surface area contributed by atoms with E-state index < -0.39 is 5.97 Å². The average molecular weight is 249 g/mol. The minimum Gasteiger partial charge on any atom is -0.480 e. The molecule has 1 N–H and O–H groups in total. The SMILES string of the molecule is CC1CC1c1ccc(CN(CC(=O)O)C2CC2)o1. The number of carbonyl (C=O) groups is 1. The molecule has 1 heterocycles. The van der Waals surface area contributed by atoms with Crippen molar-refractivity contribution in [3.63, 3.8) is 0 Å². The maximum Gasteiger partial charge on any atom is 0.317 e. The summed E-state index contributed by atoms with van der Waals surface area (Å²) in [5.74, 6) is 2.54. The number of hydrogen-bond donors (Lipinski definition) is 1. The molecule has 0 radical (unpaired) electrons. The largest absolute Gasteiger partial charge is 0.480 e. The number of carboxylic acids is 1. The minimum absolute atomic E-state index is 0.112. The molecule has 1 aromatic rings. The van der Waals surface area contributed by atoms with Crippen LogP contribution in [-0.2, 0) is 11.3 Å². The van der Waals surface area contributed by atoms with E-state index in [4.69, 9.17) is 9.52 Å². The maximum absolute atomic E-state index is 10.8. The van der Waals surface area contributed by atoms with Gasteiger partial charge >= 0.3 is 5.97 Å². The van der Waals surface area contributed by atoms with Gasteiger partial charge in [-0.2, -0.15) is 0 Å². The fraction of sp³-hybridized carbons (Fsp3) is 0.643. The van der Waals surface area contributed by atoms with Crippen molar-refractivity contribution in [1.82, 2.24) is 4.90 Å². The Morgan fingerprint density at radius 2 is 2.22 bits per heavy atom. The zero-order valence-electron chi connectivity index (χ0n) is 10.6. The van der Waals surface area contributed by atoms with Crippen LogP contribution in [-0.4, -0.2) is 28.6 Å². The van der Waals surface area contributed by atoms with Crippen LogP contribution in [0.5, 0.6) is 0 Å². The van der Waals surface area contributed by atoms with Crippen LogP contribution in [0.25, 0.3) is 0 Å². The lowest BCUT2D eigenvalue weighted by Crippen LogP contribution is -2.31. The number of carboxylic acid groups (broad SMARTS) is 1. The molecule has 2 aliphatic carbocycles. The molecule has 18 heavy (non-hydrogen) atoms. The maximum atomic E-state index is 10.8. The summed E-state index contributed by atoms with van der Waals surface area (Å²) >= 11 is 0. The lowest BCUT2D eigenvalue weighted by molar-refractivity contribution is -0.138. The number of nitrogens with zero attached hydrogens (tertiary/aromatic N) is 1. The van der Waals surface area contributed by atoms with Crippen LogP contribution >= 0.6 is 0 Å². The summed E-state index contributed by atoms with van der Waals surface area (Å²) in [6.07, 6.45) is 3.44. The van der Waals surface area contributed by atoms with E-state index in [-0.39, 0.29) is 6.54 Å². The van der Waals surface area contributed by atoms with Gasteiger partial charge in [0.15, 0.2) is 0 Å². The summed E-state index contributed by atoms with van der Waals surface area (Å²) in [6, 6.07) is 4.49. The topological polar surface area (TPSA) is 53.7 Å². The Labute approximate surface area is 107 Å². The molecule has 98 valence electrons. The molecule has 0 spiro atoms. The zero-order chi connectivity index (χ0) is 12.7. The van der Waals surface area contributed by atoms with Crippen LogP contribution in [0.15, 0.2) is 16.5 Å². The van der Waals surface area contributed by atoms with Gasteiger partial charge < -0.3 is 9.52 Å². The Balaban J connectivity index is 1.63. The summed E-state index contributed by atoms with van der Waals surface area (Å²) in [5, 5.41) is 8.90. The van der Waals surface area contributed by atoms with Crippen LogP contribution < -0.4 is 0 Å². The van der Waals surface area contributed by atoms with Crippen molar-refractivity contribution in [2.75, 3.05) is 6.54 Å². The zero-order valence-corrected chi connectivity index (χ0v) is 10.6. The molecule has 0 amide bonds. The molecule has 2 atom stereocenters. The Hall–Kier alpha value is -1.29. The first-order chi connectivity index (χ1) is 8.63. The van der Waals surface area contributed by atoms with Gasteiger partial charge in [0.05, 0.1) is 13.1 Å². The van der Waals surface area contributed by atoms with Gasteiger partial charge in [0.25, 0.3) is 0 Å². The molecular weight excluding hydrogens is 230 g/mol. The Kier molecular flexibility index (Phi) is 2.90. The van der Waals surface area contributed by atoms with E-state index in [2.05, 4.69) is 13.0 Å². The second-order valence-corrected chi connectivity index (χ2v) is 5.65. The molecule has 0 bridgehead atoms. The Morgan fingerprint density at radius 3 is 2.78 bits per heavy atom. The van der Waals surface area contributed by atoms with Crippen LogP contribution in [0.3, 0.4) is 0 Å². The number of rotatable bonds is 6. The van der Waals surface area contributed by atoms with Gasteiger partial charge in [0.1, 0.15) is 11.5 Å². The third-order valence-electron chi connectivity index (χ3n) is 3.92. The molecule has 2 fully saturated rings. The van der Waals surface area contributed by atoms with E-state index in [0.29, 0.717) is 18.5 Å². The summed E-state index contributed by atoms with van der Waals surface area (Å²) < 4.78 is 5.83. The van der Waals surface area contributed by atoms with E-state index in [1.165, 1.54) is 6.42 Å². The van der Waals surface area contributed by atoms with Gasteiger partial charge in [0, 0.05) is 12.0 Å². The Morgan fingerprint density at radius 1 is 1.50 bits per heavy atom. The van der Waals surface area contributed by atoms with E-state index in [9.17, 15) is 4.79 Å². The second-order valence-electron chi connectivity index (χ2n) is 5.65. The number of hydrogen-bond acceptors (Lipinski definition) is 3.